The fourth-order valence-corrected chi connectivity index (χ4v) is 4.10. The van der Waals surface area contributed by atoms with Gasteiger partial charge in [0, 0.05) is 11.1 Å². The zero-order chi connectivity index (χ0) is 21.2. The Hall–Kier alpha value is -3.78. The molecular formula is C23H17N3O4S. The Morgan fingerprint density at radius 1 is 1.03 bits per heavy atom. The number of carbonyl (C=O) groups excluding carboxylic acids is 1. The molecule has 0 radical (unpaired) electrons. The Kier molecular flexibility index (Phi) is 5.05. The van der Waals surface area contributed by atoms with Crippen molar-refractivity contribution < 1.29 is 13.6 Å². The van der Waals surface area contributed by atoms with Gasteiger partial charge < -0.3 is 14.2 Å². The Labute approximate surface area is 180 Å². The molecule has 5 aromatic rings. The third kappa shape index (κ3) is 3.85. The van der Waals surface area contributed by atoms with E-state index in [2.05, 4.69) is 5.32 Å². The van der Waals surface area contributed by atoms with E-state index in [-0.39, 0.29) is 29.3 Å². The third-order valence-electron chi connectivity index (χ3n) is 4.73. The molecule has 2 aromatic carbocycles. The lowest BCUT2D eigenvalue weighted by Crippen LogP contribution is -2.24. The minimum atomic E-state index is -0.316. The topological polar surface area (TPSA) is 90.3 Å². The van der Waals surface area contributed by atoms with Crippen LogP contribution in [0, 0.1) is 0 Å². The van der Waals surface area contributed by atoms with E-state index in [9.17, 15) is 9.59 Å². The molecule has 0 saturated carbocycles. The SMILES string of the molecule is O=C(CSc1nc2c(oc3ccccc32)c(=O)n1Cc1ccco1)Nc1ccccc1. The number of nitrogens with one attached hydrogen (secondary N) is 1. The largest absolute Gasteiger partial charge is 0.467 e. The highest BCUT2D eigenvalue weighted by atomic mass is 32.2. The summed E-state index contributed by atoms with van der Waals surface area (Å²) in [6.45, 7) is 0.189. The van der Waals surface area contributed by atoms with E-state index in [0.717, 1.165) is 5.39 Å². The number of anilines is 1. The van der Waals surface area contributed by atoms with Gasteiger partial charge in [-0.3, -0.25) is 14.2 Å². The summed E-state index contributed by atoms with van der Waals surface area (Å²) in [6.07, 6.45) is 1.55. The molecule has 0 aliphatic heterocycles. The zero-order valence-electron chi connectivity index (χ0n) is 16.3. The molecule has 8 heteroatoms. The van der Waals surface area contributed by atoms with Gasteiger partial charge in [0.1, 0.15) is 16.9 Å². The van der Waals surface area contributed by atoms with Crippen molar-refractivity contribution in [3.05, 3.63) is 89.1 Å². The molecule has 1 N–H and O–H groups in total. The van der Waals surface area contributed by atoms with Gasteiger partial charge in [-0.25, -0.2) is 4.98 Å². The molecule has 0 spiro atoms. The van der Waals surface area contributed by atoms with Gasteiger partial charge in [0.05, 0.1) is 18.6 Å². The number of nitrogens with zero attached hydrogens (tertiary/aromatic N) is 2. The fraction of sp³-hybridized carbons (Fsp3) is 0.0870. The quantitative estimate of drug-likeness (QED) is 0.314. The number of rotatable bonds is 6. The molecular weight excluding hydrogens is 414 g/mol. The first-order valence-corrected chi connectivity index (χ1v) is 10.6. The average Bonchev–Trinajstić information content (AvgIpc) is 3.43. The van der Waals surface area contributed by atoms with Gasteiger partial charge in [0.15, 0.2) is 5.16 Å². The van der Waals surface area contributed by atoms with Crippen molar-refractivity contribution in [3.63, 3.8) is 0 Å². The molecule has 31 heavy (non-hydrogen) atoms. The first-order valence-electron chi connectivity index (χ1n) is 9.61. The minimum Gasteiger partial charge on any atom is -0.467 e. The highest BCUT2D eigenvalue weighted by Gasteiger charge is 2.19. The Balaban J connectivity index is 1.52. The van der Waals surface area contributed by atoms with Crippen LogP contribution in [0.4, 0.5) is 5.69 Å². The first kappa shape index (κ1) is 19.2. The summed E-state index contributed by atoms with van der Waals surface area (Å²) in [4.78, 5) is 30.4. The number of carbonyl (C=O) groups is 1. The van der Waals surface area contributed by atoms with Crippen LogP contribution in [-0.2, 0) is 11.3 Å². The molecule has 1 amide bonds. The van der Waals surface area contributed by atoms with Crippen LogP contribution in [0.5, 0.6) is 0 Å². The van der Waals surface area contributed by atoms with Gasteiger partial charge in [0.2, 0.25) is 11.5 Å². The molecule has 0 fully saturated rings. The maximum atomic E-state index is 13.3. The van der Waals surface area contributed by atoms with Crippen molar-refractivity contribution in [1.29, 1.82) is 0 Å². The lowest BCUT2D eigenvalue weighted by molar-refractivity contribution is -0.113. The summed E-state index contributed by atoms with van der Waals surface area (Å²) in [5.41, 5.74) is 1.66. The van der Waals surface area contributed by atoms with Crippen molar-refractivity contribution in [1.82, 2.24) is 9.55 Å². The summed E-state index contributed by atoms with van der Waals surface area (Å²) < 4.78 is 12.7. The number of aromatic nitrogens is 2. The van der Waals surface area contributed by atoms with Crippen molar-refractivity contribution in [3.8, 4) is 0 Å². The number of para-hydroxylation sites is 2. The zero-order valence-corrected chi connectivity index (χ0v) is 17.1. The molecule has 0 atom stereocenters. The molecule has 0 aliphatic carbocycles. The number of fused-ring (bicyclic) bond motifs is 3. The predicted octanol–water partition coefficient (Wildman–Crippen LogP) is 4.51. The lowest BCUT2D eigenvalue weighted by atomic mass is 10.2. The Morgan fingerprint density at radius 3 is 2.65 bits per heavy atom. The van der Waals surface area contributed by atoms with Crippen molar-refractivity contribution in [2.45, 2.75) is 11.7 Å². The van der Waals surface area contributed by atoms with E-state index >= 15 is 0 Å². The van der Waals surface area contributed by atoms with Crippen LogP contribution < -0.4 is 10.9 Å². The number of thioether (sulfide) groups is 1. The maximum Gasteiger partial charge on any atom is 0.298 e. The van der Waals surface area contributed by atoms with Crippen LogP contribution in [0.15, 0.2) is 91.8 Å². The van der Waals surface area contributed by atoms with Crippen LogP contribution in [-0.4, -0.2) is 21.2 Å². The molecule has 154 valence electrons. The monoisotopic (exact) mass is 431 g/mol. The summed E-state index contributed by atoms with van der Waals surface area (Å²) in [7, 11) is 0. The third-order valence-corrected chi connectivity index (χ3v) is 5.71. The Bertz CT molecular complexity index is 1420. The van der Waals surface area contributed by atoms with Gasteiger partial charge in [-0.1, -0.05) is 42.1 Å². The molecule has 3 heterocycles. The van der Waals surface area contributed by atoms with Crippen molar-refractivity contribution in [2.75, 3.05) is 11.1 Å². The second-order valence-corrected chi connectivity index (χ2v) is 7.79. The van der Waals surface area contributed by atoms with Crippen LogP contribution in [0.3, 0.4) is 0 Å². The average molecular weight is 431 g/mol. The second-order valence-electron chi connectivity index (χ2n) is 6.84. The summed E-state index contributed by atoms with van der Waals surface area (Å²) in [5.74, 6) is 0.517. The maximum absolute atomic E-state index is 13.3. The first-order chi connectivity index (χ1) is 15.2. The molecule has 7 nitrogen and oxygen atoms in total. The van der Waals surface area contributed by atoms with Crippen LogP contribution in [0.25, 0.3) is 22.1 Å². The predicted molar refractivity (Wildman–Crippen MR) is 119 cm³/mol. The summed E-state index contributed by atoms with van der Waals surface area (Å²) in [6, 6.07) is 20.1. The number of amides is 1. The van der Waals surface area contributed by atoms with Gasteiger partial charge in [-0.05, 0) is 36.4 Å². The van der Waals surface area contributed by atoms with Gasteiger partial charge >= 0.3 is 0 Å². The normalized spacial score (nSPS) is 11.2. The second kappa shape index (κ2) is 8.16. The summed E-state index contributed by atoms with van der Waals surface area (Å²) in [5, 5.41) is 4.02. The molecule has 3 aromatic heterocycles. The lowest BCUT2D eigenvalue weighted by Gasteiger charge is -2.10. The number of furan rings is 2. The minimum absolute atomic E-state index is 0.0980. The molecule has 0 saturated heterocycles. The molecule has 0 unspecified atom stereocenters. The van der Waals surface area contributed by atoms with Gasteiger partial charge in [-0.15, -0.1) is 0 Å². The van der Waals surface area contributed by atoms with Gasteiger partial charge in [-0.2, -0.15) is 0 Å². The summed E-state index contributed by atoms with van der Waals surface area (Å²) >= 11 is 1.19. The van der Waals surface area contributed by atoms with Crippen LogP contribution in [0.2, 0.25) is 0 Å². The standard InChI is InChI=1S/C23H17N3O4S/c27-19(24-15-7-2-1-3-8-15)14-31-23-25-20-17-10-4-5-11-18(17)30-21(20)22(28)26(23)13-16-9-6-12-29-16/h1-12H,13-14H2,(H,24,27). The van der Waals surface area contributed by atoms with Crippen LogP contribution >= 0.6 is 11.8 Å². The molecule has 0 aliphatic rings. The highest BCUT2D eigenvalue weighted by Crippen LogP contribution is 2.27. The van der Waals surface area contributed by atoms with Crippen molar-refractivity contribution >= 4 is 45.4 Å². The van der Waals surface area contributed by atoms with E-state index in [1.54, 1.807) is 24.5 Å². The van der Waals surface area contributed by atoms with Crippen LogP contribution in [0.1, 0.15) is 5.76 Å². The fourth-order valence-electron chi connectivity index (χ4n) is 3.31. The number of hydrogen-bond acceptors (Lipinski definition) is 6. The smallest absolute Gasteiger partial charge is 0.298 e. The molecule has 0 bridgehead atoms. The van der Waals surface area contributed by atoms with E-state index in [1.807, 2.05) is 48.5 Å². The van der Waals surface area contributed by atoms with E-state index in [1.165, 1.54) is 16.3 Å². The Morgan fingerprint density at radius 2 is 1.84 bits per heavy atom. The molecule has 5 rings (SSSR count). The van der Waals surface area contributed by atoms with Crippen molar-refractivity contribution in [2.24, 2.45) is 0 Å². The highest BCUT2D eigenvalue weighted by molar-refractivity contribution is 7.99. The van der Waals surface area contributed by atoms with Gasteiger partial charge in [0.25, 0.3) is 5.56 Å². The van der Waals surface area contributed by atoms with E-state index < -0.39 is 0 Å². The van der Waals surface area contributed by atoms with E-state index in [0.29, 0.717) is 27.7 Å². The number of benzene rings is 2. The van der Waals surface area contributed by atoms with E-state index in [4.69, 9.17) is 13.8 Å². The number of hydrogen-bond donors (Lipinski definition) is 1.